The van der Waals surface area contributed by atoms with E-state index in [0.717, 1.165) is 41.4 Å². The van der Waals surface area contributed by atoms with Crippen LogP contribution in [0.3, 0.4) is 0 Å². The number of hydrogen-bond donors (Lipinski definition) is 0. The molecule has 0 aliphatic carbocycles. The highest BCUT2D eigenvalue weighted by Crippen LogP contribution is 2.23. The van der Waals surface area contributed by atoms with Crippen LogP contribution in [0.25, 0.3) is 0 Å². The molecule has 0 spiro atoms. The standard InChI is InChI=1S/C21H26N2O4S/c1-4-16-13-19(28-15(16)2)21(25)27-14-20(24)23-11-9-22(10-12-23)17-5-7-18(26-3)8-6-17/h5-8,13H,4,9-12,14H2,1-3H3. The molecule has 0 radical (unpaired) electrons. The van der Waals surface area contributed by atoms with Crippen LogP contribution in [0, 0.1) is 6.92 Å². The maximum atomic E-state index is 12.4. The minimum atomic E-state index is -0.419. The normalized spacial score (nSPS) is 14.1. The molecule has 1 aromatic heterocycles. The summed E-state index contributed by atoms with van der Waals surface area (Å²) in [4.78, 5) is 30.3. The van der Waals surface area contributed by atoms with E-state index in [1.165, 1.54) is 11.3 Å². The number of methoxy groups -OCH3 is 1. The predicted molar refractivity (Wildman–Crippen MR) is 111 cm³/mol. The Morgan fingerprint density at radius 1 is 1.11 bits per heavy atom. The summed E-state index contributed by atoms with van der Waals surface area (Å²) < 4.78 is 10.4. The maximum absolute atomic E-state index is 12.4. The molecule has 1 amide bonds. The second-order valence-electron chi connectivity index (χ2n) is 6.69. The zero-order chi connectivity index (χ0) is 20.1. The average Bonchev–Trinajstić information content (AvgIpc) is 3.12. The quantitative estimate of drug-likeness (QED) is 0.695. The van der Waals surface area contributed by atoms with Crippen LogP contribution >= 0.6 is 11.3 Å². The molecule has 150 valence electrons. The van der Waals surface area contributed by atoms with Crippen molar-refractivity contribution < 1.29 is 19.1 Å². The average molecular weight is 403 g/mol. The van der Waals surface area contributed by atoms with Gasteiger partial charge in [0, 0.05) is 36.7 Å². The molecule has 0 N–H and O–H groups in total. The number of nitrogens with zero attached hydrogens (tertiary/aromatic N) is 2. The molecule has 6 nitrogen and oxygen atoms in total. The lowest BCUT2D eigenvalue weighted by molar-refractivity contribution is -0.134. The molecule has 1 aromatic carbocycles. The molecule has 2 aromatic rings. The van der Waals surface area contributed by atoms with E-state index in [0.29, 0.717) is 18.0 Å². The Balaban J connectivity index is 1.47. The van der Waals surface area contributed by atoms with Gasteiger partial charge in [-0.1, -0.05) is 6.92 Å². The molecule has 0 atom stereocenters. The summed E-state index contributed by atoms with van der Waals surface area (Å²) in [5.41, 5.74) is 2.26. The van der Waals surface area contributed by atoms with E-state index in [1.807, 2.05) is 37.3 Å². The molecule has 1 saturated heterocycles. The first-order valence-electron chi connectivity index (χ1n) is 9.45. The van der Waals surface area contributed by atoms with Crippen LogP contribution in [0.4, 0.5) is 5.69 Å². The Bertz CT molecular complexity index is 823. The summed E-state index contributed by atoms with van der Waals surface area (Å²) in [5, 5.41) is 0. The van der Waals surface area contributed by atoms with Gasteiger partial charge in [0.25, 0.3) is 5.91 Å². The monoisotopic (exact) mass is 402 g/mol. The van der Waals surface area contributed by atoms with E-state index in [2.05, 4.69) is 11.8 Å². The van der Waals surface area contributed by atoms with Crippen LogP contribution in [0.2, 0.25) is 0 Å². The van der Waals surface area contributed by atoms with Crippen LogP contribution in [0.1, 0.15) is 27.0 Å². The summed E-state index contributed by atoms with van der Waals surface area (Å²) in [6.45, 7) is 6.56. The molecular weight excluding hydrogens is 376 g/mol. The molecular formula is C21H26N2O4S. The number of benzene rings is 1. The zero-order valence-electron chi connectivity index (χ0n) is 16.6. The molecule has 0 unspecified atom stereocenters. The molecule has 3 rings (SSSR count). The molecule has 7 heteroatoms. The Hall–Kier alpha value is -2.54. The highest BCUT2D eigenvalue weighted by atomic mass is 32.1. The van der Waals surface area contributed by atoms with E-state index in [4.69, 9.17) is 9.47 Å². The van der Waals surface area contributed by atoms with Gasteiger partial charge in [-0.15, -0.1) is 11.3 Å². The number of ether oxygens (including phenoxy) is 2. The van der Waals surface area contributed by atoms with Crippen LogP contribution in [0.15, 0.2) is 30.3 Å². The highest BCUT2D eigenvalue weighted by molar-refractivity contribution is 7.14. The summed E-state index contributed by atoms with van der Waals surface area (Å²) in [6.07, 6.45) is 0.882. The number of anilines is 1. The van der Waals surface area contributed by atoms with Crippen LogP contribution in [0.5, 0.6) is 5.75 Å². The molecule has 1 fully saturated rings. The van der Waals surface area contributed by atoms with Gasteiger partial charge in [-0.3, -0.25) is 4.79 Å². The smallest absolute Gasteiger partial charge is 0.348 e. The molecule has 1 aliphatic heterocycles. The Morgan fingerprint density at radius 2 is 1.79 bits per heavy atom. The predicted octanol–water partition coefficient (Wildman–Crippen LogP) is 3.13. The number of amides is 1. The van der Waals surface area contributed by atoms with Crippen LogP contribution < -0.4 is 9.64 Å². The van der Waals surface area contributed by atoms with Crippen molar-refractivity contribution in [2.24, 2.45) is 0 Å². The van der Waals surface area contributed by atoms with Crippen molar-refractivity contribution in [2.45, 2.75) is 20.3 Å². The Labute approximate surface area is 169 Å². The zero-order valence-corrected chi connectivity index (χ0v) is 17.4. The SMILES string of the molecule is CCc1cc(C(=O)OCC(=O)N2CCN(c3ccc(OC)cc3)CC2)sc1C. The lowest BCUT2D eigenvalue weighted by Gasteiger charge is -2.36. The molecule has 0 bridgehead atoms. The maximum Gasteiger partial charge on any atom is 0.348 e. The fourth-order valence-corrected chi connectivity index (χ4v) is 4.28. The van der Waals surface area contributed by atoms with Crippen molar-refractivity contribution in [3.63, 3.8) is 0 Å². The van der Waals surface area contributed by atoms with E-state index >= 15 is 0 Å². The van der Waals surface area contributed by atoms with Crippen molar-refractivity contribution in [1.82, 2.24) is 4.90 Å². The third-order valence-electron chi connectivity index (χ3n) is 5.00. The number of rotatable bonds is 6. The first-order valence-corrected chi connectivity index (χ1v) is 10.3. The highest BCUT2D eigenvalue weighted by Gasteiger charge is 2.23. The third kappa shape index (κ3) is 4.65. The molecule has 2 heterocycles. The summed E-state index contributed by atoms with van der Waals surface area (Å²) in [7, 11) is 1.65. The first kappa shape index (κ1) is 20.2. The Kier molecular flexibility index (Phi) is 6.57. The topological polar surface area (TPSA) is 59.1 Å². The van der Waals surface area contributed by atoms with Crippen LogP contribution in [-0.4, -0.2) is 56.7 Å². The summed E-state index contributed by atoms with van der Waals surface area (Å²) in [5.74, 6) is 0.260. The second-order valence-corrected chi connectivity index (χ2v) is 7.94. The number of aryl methyl sites for hydroxylation is 2. The molecule has 0 saturated carbocycles. The van der Waals surface area contributed by atoms with Crippen molar-refractivity contribution >= 4 is 28.9 Å². The summed E-state index contributed by atoms with van der Waals surface area (Å²) in [6, 6.07) is 9.77. The minimum absolute atomic E-state index is 0.147. The van der Waals surface area contributed by atoms with Gasteiger partial charge in [-0.05, 0) is 49.2 Å². The van der Waals surface area contributed by atoms with E-state index in [-0.39, 0.29) is 12.5 Å². The van der Waals surface area contributed by atoms with Gasteiger partial charge in [0.05, 0.1) is 7.11 Å². The van der Waals surface area contributed by atoms with Crippen molar-refractivity contribution in [2.75, 3.05) is 44.8 Å². The molecule has 1 aliphatic rings. The van der Waals surface area contributed by atoms with Gasteiger partial charge in [0.15, 0.2) is 6.61 Å². The van der Waals surface area contributed by atoms with Gasteiger partial charge in [-0.2, -0.15) is 0 Å². The first-order chi connectivity index (χ1) is 13.5. The fraction of sp³-hybridized carbons (Fsp3) is 0.429. The lowest BCUT2D eigenvalue weighted by atomic mass is 10.2. The lowest BCUT2D eigenvalue weighted by Crippen LogP contribution is -2.49. The van der Waals surface area contributed by atoms with Gasteiger partial charge in [0.2, 0.25) is 0 Å². The number of thiophene rings is 1. The number of carbonyl (C=O) groups excluding carboxylic acids is 2. The van der Waals surface area contributed by atoms with Crippen molar-refractivity contribution in [3.05, 3.63) is 45.6 Å². The fourth-order valence-electron chi connectivity index (χ4n) is 3.27. The Morgan fingerprint density at radius 3 is 2.36 bits per heavy atom. The number of piperazine rings is 1. The van der Waals surface area contributed by atoms with Crippen LogP contribution in [-0.2, 0) is 16.0 Å². The van der Waals surface area contributed by atoms with Gasteiger partial charge < -0.3 is 19.3 Å². The molecule has 28 heavy (non-hydrogen) atoms. The number of esters is 1. The second kappa shape index (κ2) is 9.10. The summed E-state index contributed by atoms with van der Waals surface area (Å²) >= 11 is 1.42. The number of hydrogen-bond acceptors (Lipinski definition) is 6. The number of carbonyl (C=O) groups is 2. The van der Waals surface area contributed by atoms with E-state index in [1.54, 1.807) is 12.0 Å². The van der Waals surface area contributed by atoms with Gasteiger partial charge in [-0.25, -0.2) is 4.79 Å². The minimum Gasteiger partial charge on any atom is -0.497 e. The van der Waals surface area contributed by atoms with Gasteiger partial charge >= 0.3 is 5.97 Å². The van der Waals surface area contributed by atoms with E-state index < -0.39 is 5.97 Å². The van der Waals surface area contributed by atoms with E-state index in [9.17, 15) is 9.59 Å². The van der Waals surface area contributed by atoms with Gasteiger partial charge in [0.1, 0.15) is 10.6 Å². The van der Waals surface area contributed by atoms with Crippen molar-refractivity contribution in [1.29, 1.82) is 0 Å². The van der Waals surface area contributed by atoms with Crippen molar-refractivity contribution in [3.8, 4) is 5.75 Å². The third-order valence-corrected chi connectivity index (χ3v) is 6.07. The largest absolute Gasteiger partial charge is 0.497 e.